The predicted molar refractivity (Wildman–Crippen MR) is 111 cm³/mol. The van der Waals surface area contributed by atoms with Crippen molar-refractivity contribution in [1.29, 1.82) is 0 Å². The fourth-order valence-electron chi connectivity index (χ4n) is 2.64. The summed E-state index contributed by atoms with van der Waals surface area (Å²) in [6.45, 7) is 2.67. The third kappa shape index (κ3) is 5.96. The number of carbonyl (C=O) groups excluding carboxylic acids is 1. The molecule has 1 amide bonds. The highest BCUT2D eigenvalue weighted by atomic mass is 35.5. The second kappa shape index (κ2) is 9.93. The molecule has 0 saturated heterocycles. The first kappa shape index (κ1) is 20.7. The summed E-state index contributed by atoms with van der Waals surface area (Å²) in [5.41, 5.74) is 1.83. The molecule has 0 bridgehead atoms. The average molecular weight is 415 g/mol. The number of nitrogens with one attached hydrogen (secondary N) is 2. The molecule has 2 N–H and O–H groups in total. The van der Waals surface area contributed by atoms with Gasteiger partial charge in [0.15, 0.2) is 5.82 Å². The van der Waals surface area contributed by atoms with Crippen molar-refractivity contribution in [2.75, 3.05) is 13.7 Å². The summed E-state index contributed by atoms with van der Waals surface area (Å²) in [4.78, 5) is 16.4. The molecule has 0 atom stereocenters. The lowest BCUT2D eigenvalue weighted by Crippen LogP contribution is -2.23. The van der Waals surface area contributed by atoms with Gasteiger partial charge in [-0.3, -0.25) is 9.89 Å². The molecule has 0 saturated carbocycles. The van der Waals surface area contributed by atoms with E-state index in [1.807, 2.05) is 43.3 Å². The summed E-state index contributed by atoms with van der Waals surface area (Å²) in [5.74, 6) is 2.62. The van der Waals surface area contributed by atoms with Crippen LogP contribution in [0.15, 0.2) is 42.5 Å². The molecule has 0 aliphatic carbocycles. The van der Waals surface area contributed by atoms with Crippen LogP contribution < -0.4 is 14.8 Å². The molecule has 0 spiro atoms. The largest absolute Gasteiger partial charge is 0.497 e. The fraction of sp³-hybridized carbons (Fsp3) is 0.286. The van der Waals surface area contributed by atoms with Crippen LogP contribution in [0.1, 0.15) is 24.2 Å². The van der Waals surface area contributed by atoms with Crippen LogP contribution in [0, 0.1) is 6.92 Å². The van der Waals surface area contributed by atoms with Gasteiger partial charge in [-0.25, -0.2) is 4.98 Å². The van der Waals surface area contributed by atoms with Crippen molar-refractivity contribution in [3.05, 3.63) is 58.9 Å². The van der Waals surface area contributed by atoms with Gasteiger partial charge in [-0.2, -0.15) is 5.10 Å². The first-order chi connectivity index (χ1) is 14.0. The summed E-state index contributed by atoms with van der Waals surface area (Å²) in [7, 11) is 1.62. The van der Waals surface area contributed by atoms with Crippen molar-refractivity contribution >= 4 is 17.5 Å². The van der Waals surface area contributed by atoms with Crippen LogP contribution in [0.4, 0.5) is 0 Å². The van der Waals surface area contributed by atoms with Crippen molar-refractivity contribution in [1.82, 2.24) is 20.5 Å². The molecule has 152 valence electrons. The van der Waals surface area contributed by atoms with Gasteiger partial charge in [-0.05, 0) is 61.4 Å². The Morgan fingerprint density at radius 2 is 1.93 bits per heavy atom. The number of aryl methyl sites for hydroxylation is 1. The average Bonchev–Trinajstić information content (AvgIpc) is 3.21. The van der Waals surface area contributed by atoms with Gasteiger partial charge in [0, 0.05) is 17.0 Å². The molecule has 3 aromatic rings. The van der Waals surface area contributed by atoms with Crippen molar-refractivity contribution < 1.29 is 14.3 Å². The number of methoxy groups -OCH3 is 1. The van der Waals surface area contributed by atoms with E-state index in [1.54, 1.807) is 13.2 Å². The van der Waals surface area contributed by atoms with Crippen LogP contribution >= 0.6 is 11.6 Å². The number of hydrogen-bond acceptors (Lipinski definition) is 5. The van der Waals surface area contributed by atoms with Crippen molar-refractivity contribution in [3.63, 3.8) is 0 Å². The number of benzene rings is 2. The molecule has 2 aromatic carbocycles. The Balaban J connectivity index is 1.39. The van der Waals surface area contributed by atoms with E-state index >= 15 is 0 Å². The van der Waals surface area contributed by atoms with Crippen molar-refractivity contribution in [2.24, 2.45) is 0 Å². The van der Waals surface area contributed by atoms with Gasteiger partial charge in [-0.1, -0.05) is 11.6 Å². The quantitative estimate of drug-likeness (QED) is 0.518. The molecule has 0 radical (unpaired) electrons. The minimum atomic E-state index is -0.0664. The Hall–Kier alpha value is -3.06. The predicted octanol–water partition coefficient (Wildman–Crippen LogP) is 3.92. The molecule has 0 fully saturated rings. The Kier molecular flexibility index (Phi) is 7.08. The summed E-state index contributed by atoms with van der Waals surface area (Å²) in [6.07, 6.45) is 0.979. The third-order valence-corrected chi connectivity index (χ3v) is 4.70. The molecule has 7 nitrogen and oxygen atoms in total. The maximum Gasteiger partial charge on any atom is 0.220 e. The minimum absolute atomic E-state index is 0.0664. The van der Waals surface area contributed by atoms with Crippen LogP contribution in [0.2, 0.25) is 5.02 Å². The summed E-state index contributed by atoms with van der Waals surface area (Å²) >= 11 is 5.99. The summed E-state index contributed by atoms with van der Waals surface area (Å²) in [5, 5.41) is 10.6. The lowest BCUT2D eigenvalue weighted by molar-refractivity contribution is -0.121. The molecule has 8 heteroatoms. The molecule has 1 aromatic heterocycles. The van der Waals surface area contributed by atoms with Gasteiger partial charge in [-0.15, -0.1) is 0 Å². The zero-order valence-corrected chi connectivity index (χ0v) is 17.1. The highest BCUT2D eigenvalue weighted by molar-refractivity contribution is 6.31. The van der Waals surface area contributed by atoms with Gasteiger partial charge in [0.05, 0.1) is 20.3 Å². The van der Waals surface area contributed by atoms with E-state index in [4.69, 9.17) is 21.1 Å². The molecular formula is C21H23ClN4O3. The molecule has 0 aliphatic rings. The van der Waals surface area contributed by atoms with Gasteiger partial charge in [0.25, 0.3) is 0 Å². The van der Waals surface area contributed by atoms with E-state index in [0.29, 0.717) is 42.7 Å². The van der Waals surface area contributed by atoms with Gasteiger partial charge >= 0.3 is 0 Å². The van der Waals surface area contributed by atoms with Crippen molar-refractivity contribution in [2.45, 2.75) is 26.3 Å². The molecule has 1 heterocycles. The van der Waals surface area contributed by atoms with Crippen LogP contribution in [-0.2, 0) is 11.3 Å². The lowest BCUT2D eigenvalue weighted by Gasteiger charge is -2.08. The SMILES string of the molecule is COc1ccc(-c2n[nH]c(CNC(=O)CCCOc3ccc(Cl)c(C)c3)n2)cc1. The Morgan fingerprint density at radius 1 is 1.17 bits per heavy atom. The number of nitrogens with zero attached hydrogens (tertiary/aromatic N) is 2. The van der Waals surface area contributed by atoms with E-state index in [0.717, 1.165) is 22.6 Å². The first-order valence-corrected chi connectivity index (χ1v) is 9.64. The molecule has 0 unspecified atom stereocenters. The maximum atomic E-state index is 12.0. The number of halogens is 1. The summed E-state index contributed by atoms with van der Waals surface area (Å²) < 4.78 is 10.8. The highest BCUT2D eigenvalue weighted by Crippen LogP contribution is 2.21. The van der Waals surface area contributed by atoms with E-state index in [1.165, 1.54) is 0 Å². The molecular weight excluding hydrogens is 392 g/mol. The Bertz CT molecular complexity index is 957. The summed E-state index contributed by atoms with van der Waals surface area (Å²) in [6, 6.07) is 13.0. The lowest BCUT2D eigenvalue weighted by atomic mass is 10.2. The topological polar surface area (TPSA) is 89.1 Å². The number of amides is 1. The normalized spacial score (nSPS) is 10.6. The van der Waals surface area contributed by atoms with Crippen LogP contribution in [-0.4, -0.2) is 34.8 Å². The zero-order valence-electron chi connectivity index (χ0n) is 16.4. The zero-order chi connectivity index (χ0) is 20.6. The fourth-order valence-corrected chi connectivity index (χ4v) is 2.76. The first-order valence-electron chi connectivity index (χ1n) is 9.26. The molecule has 3 rings (SSSR count). The molecule has 29 heavy (non-hydrogen) atoms. The van der Waals surface area contributed by atoms with E-state index in [2.05, 4.69) is 20.5 Å². The van der Waals surface area contributed by atoms with Gasteiger partial charge in [0.2, 0.25) is 5.91 Å². The third-order valence-electron chi connectivity index (χ3n) is 4.28. The number of H-pyrrole nitrogens is 1. The number of aromatic nitrogens is 3. The number of aromatic amines is 1. The molecule has 0 aliphatic heterocycles. The van der Waals surface area contributed by atoms with Gasteiger partial charge in [0.1, 0.15) is 17.3 Å². The second-order valence-corrected chi connectivity index (χ2v) is 6.88. The Morgan fingerprint density at radius 3 is 2.66 bits per heavy atom. The number of rotatable bonds is 9. The number of ether oxygens (including phenoxy) is 2. The maximum absolute atomic E-state index is 12.0. The smallest absolute Gasteiger partial charge is 0.220 e. The highest BCUT2D eigenvalue weighted by Gasteiger charge is 2.08. The van der Waals surface area contributed by atoms with Crippen LogP contribution in [0.5, 0.6) is 11.5 Å². The van der Waals surface area contributed by atoms with E-state index < -0.39 is 0 Å². The number of hydrogen-bond donors (Lipinski definition) is 2. The monoisotopic (exact) mass is 414 g/mol. The standard InChI is InChI=1S/C21H23ClN4O3/c1-14-12-17(9-10-18(14)22)29-11-3-4-20(27)23-13-19-24-21(26-25-19)15-5-7-16(28-2)8-6-15/h5-10,12H,3-4,11,13H2,1-2H3,(H,23,27)(H,24,25,26). The van der Waals surface area contributed by atoms with Crippen LogP contribution in [0.25, 0.3) is 11.4 Å². The minimum Gasteiger partial charge on any atom is -0.497 e. The second-order valence-electron chi connectivity index (χ2n) is 6.47. The number of carbonyl (C=O) groups is 1. The van der Waals surface area contributed by atoms with Crippen molar-refractivity contribution in [3.8, 4) is 22.9 Å². The Labute approximate surface area is 174 Å². The van der Waals surface area contributed by atoms with E-state index in [-0.39, 0.29) is 5.91 Å². The van der Waals surface area contributed by atoms with Gasteiger partial charge < -0.3 is 14.8 Å². The van der Waals surface area contributed by atoms with Crippen LogP contribution in [0.3, 0.4) is 0 Å². The van der Waals surface area contributed by atoms with E-state index in [9.17, 15) is 4.79 Å².